The normalized spacial score (nSPS) is 13.1. The van der Waals surface area contributed by atoms with Crippen molar-refractivity contribution in [3.8, 4) is 11.4 Å². The summed E-state index contributed by atoms with van der Waals surface area (Å²) in [6.07, 6.45) is 4.89. The second-order valence-electron chi connectivity index (χ2n) is 7.92. The van der Waals surface area contributed by atoms with Gasteiger partial charge in [0.2, 0.25) is 0 Å². The quantitative estimate of drug-likeness (QED) is 0.178. The molecule has 0 radical (unpaired) electrons. The number of hydrogen-bond acceptors (Lipinski definition) is 6. The highest BCUT2D eigenvalue weighted by molar-refractivity contribution is 8.00. The monoisotopic (exact) mass is 485 g/mol. The highest BCUT2D eigenvalue weighted by Gasteiger charge is 2.23. The smallest absolute Gasteiger partial charge is 0.387 e. The van der Waals surface area contributed by atoms with Crippen molar-refractivity contribution in [1.82, 2.24) is 14.5 Å². The van der Waals surface area contributed by atoms with Gasteiger partial charge in [0.25, 0.3) is 0 Å². The molecule has 0 aliphatic heterocycles. The Bertz CT molecular complexity index is 1350. The number of benzene rings is 1. The second kappa shape index (κ2) is 8.87. The van der Waals surface area contributed by atoms with Crippen LogP contribution in [0.4, 0.5) is 8.78 Å². The van der Waals surface area contributed by atoms with E-state index in [1.807, 2.05) is 24.5 Å². The number of carbonyl (C=O) groups excluding carboxylic acids is 1. The molecule has 0 spiro atoms. The van der Waals surface area contributed by atoms with Crippen LogP contribution in [0.1, 0.15) is 38.6 Å². The van der Waals surface area contributed by atoms with Gasteiger partial charge in [-0.25, -0.2) is 9.97 Å². The summed E-state index contributed by atoms with van der Waals surface area (Å²) in [7, 11) is 0. The number of nitrogens with zero attached hydrogens (tertiary/aromatic N) is 3. The first-order valence-corrected chi connectivity index (χ1v) is 12.4. The van der Waals surface area contributed by atoms with Crippen molar-refractivity contribution in [1.29, 1.82) is 0 Å². The zero-order chi connectivity index (χ0) is 23.1. The number of Topliss-reactive ketones (excluding diaryl/α,β-unsaturated/α-hetero) is 1. The number of hydrogen-bond donors (Lipinski definition) is 0. The molecule has 1 aromatic carbocycles. The van der Waals surface area contributed by atoms with Crippen LogP contribution in [-0.4, -0.2) is 32.7 Å². The van der Waals surface area contributed by atoms with Crippen LogP contribution in [0.15, 0.2) is 41.7 Å². The molecule has 0 unspecified atom stereocenters. The Labute approximate surface area is 197 Å². The summed E-state index contributed by atoms with van der Waals surface area (Å²) < 4.78 is 31.2. The topological polar surface area (TPSA) is 57.0 Å². The first kappa shape index (κ1) is 22.0. The van der Waals surface area contributed by atoms with Crippen molar-refractivity contribution < 1.29 is 18.3 Å². The first-order valence-electron chi connectivity index (χ1n) is 10.6. The lowest BCUT2D eigenvalue weighted by atomic mass is 10.2. The van der Waals surface area contributed by atoms with E-state index in [9.17, 15) is 13.6 Å². The summed E-state index contributed by atoms with van der Waals surface area (Å²) in [5.41, 5.74) is 4.48. The number of aromatic nitrogens is 3. The van der Waals surface area contributed by atoms with Crippen LogP contribution in [0, 0.1) is 13.8 Å². The zero-order valence-corrected chi connectivity index (χ0v) is 19.7. The average molecular weight is 486 g/mol. The predicted octanol–water partition coefficient (Wildman–Crippen LogP) is 6.16. The summed E-state index contributed by atoms with van der Waals surface area (Å²) in [6, 6.07) is 8.28. The van der Waals surface area contributed by atoms with E-state index < -0.39 is 6.61 Å². The molecule has 1 aliphatic rings. The molecule has 170 valence electrons. The maximum absolute atomic E-state index is 13.1. The Hall–Kier alpha value is -2.78. The van der Waals surface area contributed by atoms with Crippen LogP contribution in [0.5, 0.6) is 5.75 Å². The van der Waals surface area contributed by atoms with Gasteiger partial charge >= 0.3 is 6.61 Å². The minimum absolute atomic E-state index is 0.0237. The first-order chi connectivity index (χ1) is 15.9. The third kappa shape index (κ3) is 4.15. The number of ketones is 1. The largest absolute Gasteiger partial charge is 0.435 e. The molecular formula is C24H21F2N3O2S2. The minimum atomic E-state index is -2.86. The Morgan fingerprint density at radius 2 is 2.00 bits per heavy atom. The number of ether oxygens (including phenoxy) is 1. The maximum atomic E-state index is 13.1. The van der Waals surface area contributed by atoms with Gasteiger partial charge in [0.15, 0.2) is 5.78 Å². The van der Waals surface area contributed by atoms with Gasteiger partial charge in [-0.1, -0.05) is 11.8 Å². The van der Waals surface area contributed by atoms with E-state index in [1.165, 1.54) is 34.3 Å². The lowest BCUT2D eigenvalue weighted by Crippen LogP contribution is -2.06. The van der Waals surface area contributed by atoms with Crippen molar-refractivity contribution in [3.63, 3.8) is 0 Å². The van der Waals surface area contributed by atoms with E-state index in [1.54, 1.807) is 29.8 Å². The number of rotatable bonds is 7. The van der Waals surface area contributed by atoms with Crippen LogP contribution in [0.2, 0.25) is 0 Å². The van der Waals surface area contributed by atoms with E-state index in [0.29, 0.717) is 5.56 Å². The van der Waals surface area contributed by atoms with Gasteiger partial charge in [-0.15, -0.1) is 11.3 Å². The summed E-state index contributed by atoms with van der Waals surface area (Å²) in [6.45, 7) is 0.950. The Morgan fingerprint density at radius 1 is 1.21 bits per heavy atom. The summed E-state index contributed by atoms with van der Waals surface area (Å²) >= 11 is 3.20. The molecule has 5 nitrogen and oxygen atoms in total. The summed E-state index contributed by atoms with van der Waals surface area (Å²) in [5, 5.41) is 1.99. The SMILES string of the molecule is Cc1cc(C(=O)CSc2ncnc3sc4c(c23)CCC4)c(C)n1-c1ccc(OC(F)F)cc1. The highest BCUT2D eigenvalue weighted by Crippen LogP contribution is 2.40. The molecule has 1 aliphatic carbocycles. The number of thioether (sulfide) groups is 1. The molecule has 5 rings (SSSR count). The van der Waals surface area contributed by atoms with E-state index in [2.05, 4.69) is 14.7 Å². The van der Waals surface area contributed by atoms with Crippen molar-refractivity contribution in [2.45, 2.75) is 44.7 Å². The zero-order valence-electron chi connectivity index (χ0n) is 18.1. The molecule has 0 atom stereocenters. The molecule has 9 heteroatoms. The highest BCUT2D eigenvalue weighted by atomic mass is 32.2. The molecule has 0 N–H and O–H groups in total. The molecule has 3 heterocycles. The van der Waals surface area contributed by atoms with Crippen LogP contribution in [0.25, 0.3) is 15.9 Å². The molecule has 3 aromatic heterocycles. The average Bonchev–Trinajstić information content (AvgIpc) is 3.45. The van der Waals surface area contributed by atoms with Crippen molar-refractivity contribution in [2.75, 3.05) is 5.75 Å². The number of aryl methyl sites for hydroxylation is 3. The lowest BCUT2D eigenvalue weighted by molar-refractivity contribution is -0.0498. The molecule has 33 heavy (non-hydrogen) atoms. The van der Waals surface area contributed by atoms with Crippen LogP contribution < -0.4 is 4.74 Å². The lowest BCUT2D eigenvalue weighted by Gasteiger charge is -2.11. The fourth-order valence-corrected chi connectivity index (χ4v) is 6.64. The standard InChI is InChI=1S/C24H21F2N3O2S2/c1-13-10-18(14(2)29(13)15-6-8-16(9-7-15)31-24(25)26)19(30)11-32-22-21-17-4-3-5-20(17)33-23(21)28-12-27-22/h6-10,12,24H,3-5,11H2,1-2H3. The number of fused-ring (bicyclic) bond motifs is 3. The van der Waals surface area contributed by atoms with Crippen molar-refractivity contribution in [3.05, 3.63) is 64.1 Å². The van der Waals surface area contributed by atoms with Gasteiger partial charge in [-0.05, 0) is 69.0 Å². The molecule has 0 fully saturated rings. The Kier molecular flexibility index (Phi) is 5.92. The number of thiophene rings is 1. The molecular weight excluding hydrogens is 464 g/mol. The van der Waals surface area contributed by atoms with Gasteiger partial charge in [-0.3, -0.25) is 4.79 Å². The van der Waals surface area contributed by atoms with Gasteiger partial charge in [-0.2, -0.15) is 8.78 Å². The van der Waals surface area contributed by atoms with E-state index in [0.717, 1.165) is 51.6 Å². The van der Waals surface area contributed by atoms with Gasteiger partial charge in [0.1, 0.15) is 21.9 Å². The van der Waals surface area contributed by atoms with Gasteiger partial charge < -0.3 is 9.30 Å². The summed E-state index contributed by atoms with van der Waals surface area (Å²) in [4.78, 5) is 24.4. The van der Waals surface area contributed by atoms with Crippen molar-refractivity contribution >= 4 is 39.1 Å². The maximum Gasteiger partial charge on any atom is 0.387 e. The summed E-state index contributed by atoms with van der Waals surface area (Å²) in [5.74, 6) is 0.401. The van der Waals surface area contributed by atoms with Crippen molar-refractivity contribution in [2.24, 2.45) is 0 Å². The number of carbonyl (C=O) groups is 1. The van der Waals surface area contributed by atoms with E-state index in [-0.39, 0.29) is 17.3 Å². The van der Waals surface area contributed by atoms with Gasteiger partial charge in [0.05, 0.1) is 5.75 Å². The van der Waals surface area contributed by atoms with E-state index >= 15 is 0 Å². The van der Waals surface area contributed by atoms with E-state index in [4.69, 9.17) is 0 Å². The van der Waals surface area contributed by atoms with Crippen LogP contribution >= 0.6 is 23.1 Å². The molecule has 0 saturated carbocycles. The Balaban J connectivity index is 1.37. The fourth-order valence-electron chi connectivity index (χ4n) is 4.44. The number of halogens is 2. The fraction of sp³-hybridized carbons (Fsp3) is 0.292. The van der Waals surface area contributed by atoms with Crippen LogP contribution in [0.3, 0.4) is 0 Å². The third-order valence-electron chi connectivity index (χ3n) is 5.86. The Morgan fingerprint density at radius 3 is 2.76 bits per heavy atom. The van der Waals surface area contributed by atoms with Gasteiger partial charge in [0, 0.05) is 32.9 Å². The predicted molar refractivity (Wildman–Crippen MR) is 126 cm³/mol. The molecule has 4 aromatic rings. The molecule has 0 amide bonds. The van der Waals surface area contributed by atoms with Crippen LogP contribution in [-0.2, 0) is 12.8 Å². The number of alkyl halides is 2. The minimum Gasteiger partial charge on any atom is -0.435 e. The molecule has 0 saturated heterocycles. The second-order valence-corrected chi connectivity index (χ2v) is 9.97. The third-order valence-corrected chi connectivity index (χ3v) is 8.05. The molecule has 0 bridgehead atoms.